The van der Waals surface area contributed by atoms with E-state index in [-0.39, 0.29) is 11.9 Å². The average Bonchev–Trinajstić information content (AvgIpc) is 2.56. The molecule has 0 aliphatic heterocycles. The highest BCUT2D eigenvalue weighted by atomic mass is 16.6. The highest BCUT2D eigenvalue weighted by Gasteiger charge is 2.31. The lowest BCUT2D eigenvalue weighted by Crippen LogP contribution is -2.46. The Morgan fingerprint density at radius 1 is 1.00 bits per heavy atom. The monoisotopic (exact) mass is 355 g/mol. The number of carbonyl (C=O) groups excluding carboxylic acids is 2. The molecule has 0 aromatic carbocycles. The van der Waals surface area contributed by atoms with Gasteiger partial charge in [0.2, 0.25) is 0 Å². The fraction of sp³-hybridized carbons (Fsp3) is 0.800. The Bertz CT molecular complexity index is 382. The number of hydrogen-bond donors (Lipinski definition) is 0. The lowest BCUT2D eigenvalue weighted by Gasteiger charge is -2.28. The van der Waals surface area contributed by atoms with Gasteiger partial charge in [-0.1, -0.05) is 78.7 Å². The van der Waals surface area contributed by atoms with Crippen molar-refractivity contribution in [2.45, 2.75) is 84.6 Å². The largest absolute Gasteiger partial charge is 0.464 e. The fourth-order valence-corrected chi connectivity index (χ4v) is 2.82. The molecule has 0 radical (unpaired) electrons. The van der Waals surface area contributed by atoms with E-state index in [4.69, 9.17) is 9.47 Å². The number of amides is 1. The van der Waals surface area contributed by atoms with Crippen LogP contribution in [0.4, 0.5) is 4.79 Å². The Hall–Kier alpha value is -1.52. The summed E-state index contributed by atoms with van der Waals surface area (Å²) in [7, 11) is 1.54. The van der Waals surface area contributed by atoms with Gasteiger partial charge >= 0.3 is 12.1 Å². The van der Waals surface area contributed by atoms with Crippen molar-refractivity contribution in [2.24, 2.45) is 5.92 Å². The minimum atomic E-state index is -0.647. The molecule has 0 aliphatic rings. The maximum Gasteiger partial charge on any atom is 0.415 e. The van der Waals surface area contributed by atoms with Crippen molar-refractivity contribution < 1.29 is 19.1 Å². The zero-order valence-corrected chi connectivity index (χ0v) is 16.6. The number of nitrogens with zero attached hydrogens (tertiary/aromatic N) is 1. The van der Waals surface area contributed by atoms with Crippen LogP contribution in [-0.2, 0) is 14.3 Å². The molecule has 0 aromatic heterocycles. The molecular formula is C20H37NO4. The molecule has 0 fully saturated rings. The molecule has 0 spiro atoms. The van der Waals surface area contributed by atoms with Crippen molar-refractivity contribution in [3.8, 4) is 0 Å². The number of ether oxygens (including phenoxy) is 2. The zero-order chi connectivity index (χ0) is 19.1. The van der Waals surface area contributed by atoms with Crippen molar-refractivity contribution in [1.82, 2.24) is 4.90 Å². The number of carbonyl (C=O) groups is 2. The number of hydrogen-bond acceptors (Lipinski definition) is 4. The molecule has 0 saturated carbocycles. The van der Waals surface area contributed by atoms with E-state index in [2.05, 4.69) is 13.5 Å². The Balaban J connectivity index is 3.97. The number of likely N-dealkylation sites (N-methyl/N-ethyl adjacent to an activating group) is 1. The SMILES string of the molecule is C=COC(=O)N(C)C(C(=O)OCCCCCCCCCCC)C(C)C. The van der Waals surface area contributed by atoms with Gasteiger partial charge in [-0.2, -0.15) is 0 Å². The van der Waals surface area contributed by atoms with E-state index in [1.165, 1.54) is 56.9 Å². The van der Waals surface area contributed by atoms with Gasteiger partial charge in [-0.15, -0.1) is 0 Å². The smallest absolute Gasteiger partial charge is 0.415 e. The van der Waals surface area contributed by atoms with Crippen LogP contribution >= 0.6 is 0 Å². The Morgan fingerprint density at radius 2 is 1.52 bits per heavy atom. The van der Waals surface area contributed by atoms with Gasteiger partial charge in [-0.05, 0) is 12.3 Å². The van der Waals surface area contributed by atoms with Crippen molar-refractivity contribution in [2.75, 3.05) is 13.7 Å². The van der Waals surface area contributed by atoms with Gasteiger partial charge < -0.3 is 9.47 Å². The Morgan fingerprint density at radius 3 is 2.00 bits per heavy atom. The fourth-order valence-electron chi connectivity index (χ4n) is 2.82. The lowest BCUT2D eigenvalue weighted by molar-refractivity contribution is -0.150. The van der Waals surface area contributed by atoms with Crippen LogP contribution in [0.1, 0.15) is 78.6 Å². The molecule has 5 heteroatoms. The second kappa shape index (κ2) is 14.8. The quantitative estimate of drug-likeness (QED) is 0.241. The van der Waals surface area contributed by atoms with Gasteiger partial charge in [-0.25, -0.2) is 9.59 Å². The van der Waals surface area contributed by atoms with E-state index in [1.807, 2.05) is 13.8 Å². The van der Waals surface area contributed by atoms with Crippen molar-refractivity contribution in [3.05, 3.63) is 12.8 Å². The lowest BCUT2D eigenvalue weighted by atomic mass is 10.0. The summed E-state index contributed by atoms with van der Waals surface area (Å²) >= 11 is 0. The van der Waals surface area contributed by atoms with Crippen molar-refractivity contribution >= 4 is 12.1 Å². The first-order valence-electron chi connectivity index (χ1n) is 9.66. The Kier molecular flexibility index (Phi) is 13.9. The van der Waals surface area contributed by atoms with E-state index >= 15 is 0 Å². The van der Waals surface area contributed by atoms with Gasteiger partial charge in [0.25, 0.3) is 0 Å². The predicted molar refractivity (Wildman–Crippen MR) is 101 cm³/mol. The summed E-state index contributed by atoms with van der Waals surface area (Å²) < 4.78 is 10.1. The molecule has 1 amide bonds. The van der Waals surface area contributed by atoms with Crippen LogP contribution in [0.15, 0.2) is 12.8 Å². The summed E-state index contributed by atoms with van der Waals surface area (Å²) in [4.78, 5) is 25.3. The standard InChI is InChI=1S/C20H37NO4/c1-6-8-9-10-11-12-13-14-15-16-25-19(22)18(17(3)4)21(5)20(23)24-7-2/h7,17-18H,2,6,8-16H2,1,3-5H3. The molecule has 0 bridgehead atoms. The molecule has 0 N–H and O–H groups in total. The van der Waals surface area contributed by atoms with E-state index < -0.39 is 12.1 Å². The first kappa shape index (κ1) is 23.5. The van der Waals surface area contributed by atoms with Gasteiger partial charge in [-0.3, -0.25) is 4.90 Å². The minimum Gasteiger partial charge on any atom is -0.464 e. The molecule has 146 valence electrons. The summed E-state index contributed by atoms with van der Waals surface area (Å²) in [5.74, 6) is -0.434. The Labute approximate surface area is 153 Å². The average molecular weight is 356 g/mol. The van der Waals surface area contributed by atoms with Crippen LogP contribution in [-0.4, -0.2) is 36.7 Å². The summed E-state index contributed by atoms with van der Waals surface area (Å²) in [5, 5.41) is 0. The second-order valence-corrected chi connectivity index (χ2v) is 6.85. The normalized spacial score (nSPS) is 11.9. The molecular weight excluding hydrogens is 318 g/mol. The molecule has 0 aromatic rings. The molecule has 1 unspecified atom stereocenters. The van der Waals surface area contributed by atoms with E-state index in [1.54, 1.807) is 0 Å². The first-order chi connectivity index (χ1) is 12.0. The topological polar surface area (TPSA) is 55.8 Å². The van der Waals surface area contributed by atoms with Crippen LogP contribution in [0.5, 0.6) is 0 Å². The third-order valence-electron chi connectivity index (χ3n) is 4.25. The van der Waals surface area contributed by atoms with Gasteiger partial charge in [0, 0.05) is 7.05 Å². The second-order valence-electron chi connectivity index (χ2n) is 6.85. The van der Waals surface area contributed by atoms with Crippen molar-refractivity contribution in [3.63, 3.8) is 0 Å². The molecule has 0 saturated heterocycles. The maximum atomic E-state index is 12.3. The third-order valence-corrected chi connectivity index (χ3v) is 4.25. The summed E-state index contributed by atoms with van der Waals surface area (Å²) in [6, 6.07) is -0.647. The van der Waals surface area contributed by atoms with E-state index in [0.717, 1.165) is 19.1 Å². The van der Waals surface area contributed by atoms with E-state index in [9.17, 15) is 9.59 Å². The van der Waals surface area contributed by atoms with E-state index in [0.29, 0.717) is 6.61 Å². The number of unbranched alkanes of at least 4 members (excludes halogenated alkanes) is 8. The third kappa shape index (κ3) is 10.8. The molecule has 0 aliphatic carbocycles. The summed E-state index contributed by atoms with van der Waals surface area (Å²) in [5.41, 5.74) is 0. The van der Waals surface area contributed by atoms with Crippen LogP contribution in [0.3, 0.4) is 0 Å². The highest BCUT2D eigenvalue weighted by molar-refractivity contribution is 5.81. The number of esters is 1. The molecule has 25 heavy (non-hydrogen) atoms. The minimum absolute atomic E-state index is 0.0574. The highest BCUT2D eigenvalue weighted by Crippen LogP contribution is 2.14. The van der Waals surface area contributed by atoms with Gasteiger partial charge in [0.15, 0.2) is 0 Å². The summed E-state index contributed by atoms with van der Waals surface area (Å²) in [6.45, 7) is 9.74. The van der Waals surface area contributed by atoms with Gasteiger partial charge in [0.1, 0.15) is 6.04 Å². The summed E-state index contributed by atoms with van der Waals surface area (Å²) in [6.07, 6.45) is 11.4. The van der Waals surface area contributed by atoms with Gasteiger partial charge in [0.05, 0.1) is 12.9 Å². The van der Waals surface area contributed by atoms with Crippen LogP contribution in [0.25, 0.3) is 0 Å². The van der Waals surface area contributed by atoms with Crippen LogP contribution in [0.2, 0.25) is 0 Å². The number of rotatable bonds is 14. The molecule has 0 heterocycles. The predicted octanol–water partition coefficient (Wildman–Crippen LogP) is 5.30. The maximum absolute atomic E-state index is 12.3. The molecule has 1 atom stereocenters. The molecule has 0 rings (SSSR count). The first-order valence-corrected chi connectivity index (χ1v) is 9.66. The van der Waals surface area contributed by atoms with Crippen LogP contribution < -0.4 is 0 Å². The van der Waals surface area contributed by atoms with Crippen LogP contribution in [0, 0.1) is 5.92 Å². The zero-order valence-electron chi connectivity index (χ0n) is 16.6. The molecule has 5 nitrogen and oxygen atoms in total. The van der Waals surface area contributed by atoms with Crippen molar-refractivity contribution in [1.29, 1.82) is 0 Å².